The highest BCUT2D eigenvalue weighted by atomic mass is 16.1. The zero-order chi connectivity index (χ0) is 9.90. The molecule has 74 valence electrons. The first-order valence-electron chi connectivity index (χ1n) is 5.07. The molecular formula is C11H18O2. The third-order valence-corrected chi connectivity index (χ3v) is 3.26. The molecule has 0 bridgehead atoms. The Bertz CT molecular complexity index is 212. The highest BCUT2D eigenvalue weighted by molar-refractivity contribution is 5.83. The summed E-state index contributed by atoms with van der Waals surface area (Å²) in [6.07, 6.45) is 5.64. The quantitative estimate of drug-likeness (QED) is 0.669. The van der Waals surface area contributed by atoms with E-state index in [9.17, 15) is 9.59 Å². The van der Waals surface area contributed by atoms with Gasteiger partial charge in [-0.2, -0.15) is 0 Å². The van der Waals surface area contributed by atoms with Crippen molar-refractivity contribution in [3.05, 3.63) is 0 Å². The summed E-state index contributed by atoms with van der Waals surface area (Å²) in [5.74, 6) is 0.485. The van der Waals surface area contributed by atoms with Crippen LogP contribution in [0.25, 0.3) is 0 Å². The van der Waals surface area contributed by atoms with Gasteiger partial charge in [0.2, 0.25) is 0 Å². The van der Waals surface area contributed by atoms with Crippen LogP contribution in [0.3, 0.4) is 0 Å². The Kier molecular flexibility index (Phi) is 3.23. The SMILES string of the molecule is CC(=O)CCC1(C(C)=O)CCCC1. The van der Waals surface area contributed by atoms with Crippen LogP contribution in [-0.4, -0.2) is 11.6 Å². The lowest BCUT2D eigenvalue weighted by Gasteiger charge is -2.24. The minimum Gasteiger partial charge on any atom is -0.300 e. The van der Waals surface area contributed by atoms with Crippen molar-refractivity contribution in [2.24, 2.45) is 5.41 Å². The fourth-order valence-electron chi connectivity index (χ4n) is 2.25. The Morgan fingerprint density at radius 3 is 2.08 bits per heavy atom. The molecule has 13 heavy (non-hydrogen) atoms. The maximum atomic E-state index is 11.5. The van der Waals surface area contributed by atoms with Gasteiger partial charge in [0.1, 0.15) is 11.6 Å². The minimum absolute atomic E-state index is 0.133. The zero-order valence-electron chi connectivity index (χ0n) is 8.56. The van der Waals surface area contributed by atoms with E-state index in [2.05, 4.69) is 0 Å². The summed E-state index contributed by atoms with van der Waals surface area (Å²) in [5.41, 5.74) is -0.133. The van der Waals surface area contributed by atoms with Gasteiger partial charge < -0.3 is 4.79 Å². The van der Waals surface area contributed by atoms with Crippen LogP contribution in [-0.2, 0) is 9.59 Å². The van der Waals surface area contributed by atoms with E-state index in [-0.39, 0.29) is 17.0 Å². The fourth-order valence-corrected chi connectivity index (χ4v) is 2.25. The highest BCUT2D eigenvalue weighted by Gasteiger charge is 2.37. The molecular weight excluding hydrogens is 164 g/mol. The lowest BCUT2D eigenvalue weighted by Crippen LogP contribution is -2.26. The van der Waals surface area contributed by atoms with Gasteiger partial charge in [0.05, 0.1) is 0 Å². The molecule has 1 aliphatic rings. The van der Waals surface area contributed by atoms with Gasteiger partial charge >= 0.3 is 0 Å². The first kappa shape index (κ1) is 10.4. The molecule has 0 radical (unpaired) electrons. The monoisotopic (exact) mass is 182 g/mol. The molecule has 1 aliphatic carbocycles. The summed E-state index contributed by atoms with van der Waals surface area (Å²) < 4.78 is 0. The van der Waals surface area contributed by atoms with E-state index in [1.54, 1.807) is 13.8 Å². The van der Waals surface area contributed by atoms with E-state index < -0.39 is 0 Å². The molecule has 0 saturated heterocycles. The van der Waals surface area contributed by atoms with Gasteiger partial charge in [0, 0.05) is 11.8 Å². The number of carbonyl (C=O) groups excluding carboxylic acids is 2. The molecule has 0 heterocycles. The first-order valence-corrected chi connectivity index (χ1v) is 5.07. The molecule has 1 saturated carbocycles. The Balaban J connectivity index is 2.57. The van der Waals surface area contributed by atoms with Gasteiger partial charge in [-0.05, 0) is 33.1 Å². The maximum absolute atomic E-state index is 11.5. The summed E-state index contributed by atoms with van der Waals surface area (Å²) in [7, 11) is 0. The second-order valence-corrected chi connectivity index (χ2v) is 4.25. The Labute approximate surface area is 79.7 Å². The Morgan fingerprint density at radius 1 is 1.15 bits per heavy atom. The van der Waals surface area contributed by atoms with Gasteiger partial charge in [0.15, 0.2) is 0 Å². The van der Waals surface area contributed by atoms with Crippen molar-refractivity contribution in [3.8, 4) is 0 Å². The van der Waals surface area contributed by atoms with E-state index in [4.69, 9.17) is 0 Å². The molecule has 0 aromatic carbocycles. The van der Waals surface area contributed by atoms with Crippen molar-refractivity contribution >= 4 is 11.6 Å². The van der Waals surface area contributed by atoms with E-state index in [1.807, 2.05) is 0 Å². The number of carbonyl (C=O) groups is 2. The molecule has 0 amide bonds. The smallest absolute Gasteiger partial charge is 0.135 e. The summed E-state index contributed by atoms with van der Waals surface area (Å²) in [6.45, 7) is 3.27. The van der Waals surface area contributed by atoms with Crippen LogP contribution < -0.4 is 0 Å². The van der Waals surface area contributed by atoms with Crippen LogP contribution in [0.4, 0.5) is 0 Å². The van der Waals surface area contributed by atoms with E-state index >= 15 is 0 Å². The second-order valence-electron chi connectivity index (χ2n) is 4.25. The van der Waals surface area contributed by atoms with Crippen molar-refractivity contribution < 1.29 is 9.59 Å². The number of hydrogen-bond acceptors (Lipinski definition) is 2. The third kappa shape index (κ3) is 2.39. The molecule has 0 aromatic rings. The van der Waals surface area contributed by atoms with Crippen molar-refractivity contribution in [3.63, 3.8) is 0 Å². The van der Waals surface area contributed by atoms with Crippen LogP contribution in [0, 0.1) is 5.41 Å². The zero-order valence-corrected chi connectivity index (χ0v) is 8.56. The van der Waals surface area contributed by atoms with Crippen molar-refractivity contribution in [1.82, 2.24) is 0 Å². The van der Waals surface area contributed by atoms with Crippen LogP contribution >= 0.6 is 0 Å². The molecule has 1 rings (SSSR count). The highest BCUT2D eigenvalue weighted by Crippen LogP contribution is 2.42. The number of ketones is 2. The summed E-state index contributed by atoms with van der Waals surface area (Å²) in [5, 5.41) is 0. The van der Waals surface area contributed by atoms with Crippen LogP contribution in [0.1, 0.15) is 52.4 Å². The van der Waals surface area contributed by atoms with Crippen LogP contribution in [0.5, 0.6) is 0 Å². The van der Waals surface area contributed by atoms with E-state index in [0.29, 0.717) is 6.42 Å². The number of hydrogen-bond donors (Lipinski definition) is 0. The average molecular weight is 182 g/mol. The lowest BCUT2D eigenvalue weighted by atomic mass is 9.78. The molecule has 0 aliphatic heterocycles. The molecule has 0 unspecified atom stereocenters. The molecule has 2 heteroatoms. The van der Waals surface area contributed by atoms with Gasteiger partial charge in [-0.15, -0.1) is 0 Å². The minimum atomic E-state index is -0.133. The topological polar surface area (TPSA) is 34.1 Å². The third-order valence-electron chi connectivity index (χ3n) is 3.26. The number of rotatable bonds is 4. The number of Topliss-reactive ketones (excluding diaryl/α,β-unsaturated/α-hetero) is 2. The predicted molar refractivity (Wildman–Crippen MR) is 51.5 cm³/mol. The standard InChI is InChI=1S/C11H18O2/c1-9(12)5-8-11(10(2)13)6-3-4-7-11/h3-8H2,1-2H3. The Hall–Kier alpha value is -0.660. The molecule has 2 nitrogen and oxygen atoms in total. The maximum Gasteiger partial charge on any atom is 0.135 e. The fraction of sp³-hybridized carbons (Fsp3) is 0.818. The normalized spacial score (nSPS) is 20.2. The van der Waals surface area contributed by atoms with Crippen molar-refractivity contribution in [2.45, 2.75) is 52.4 Å². The van der Waals surface area contributed by atoms with Gasteiger partial charge in [-0.1, -0.05) is 12.8 Å². The first-order chi connectivity index (χ1) is 6.07. The molecule has 0 spiro atoms. The molecule has 1 fully saturated rings. The largest absolute Gasteiger partial charge is 0.300 e. The summed E-state index contributed by atoms with van der Waals surface area (Å²) >= 11 is 0. The van der Waals surface area contributed by atoms with E-state index in [0.717, 1.165) is 32.1 Å². The van der Waals surface area contributed by atoms with Crippen LogP contribution in [0.15, 0.2) is 0 Å². The van der Waals surface area contributed by atoms with Gasteiger partial charge in [-0.3, -0.25) is 4.79 Å². The van der Waals surface area contributed by atoms with Gasteiger partial charge in [0.25, 0.3) is 0 Å². The lowest BCUT2D eigenvalue weighted by molar-refractivity contribution is -0.127. The van der Waals surface area contributed by atoms with Gasteiger partial charge in [-0.25, -0.2) is 0 Å². The van der Waals surface area contributed by atoms with Crippen molar-refractivity contribution in [2.75, 3.05) is 0 Å². The van der Waals surface area contributed by atoms with Crippen LogP contribution in [0.2, 0.25) is 0 Å². The summed E-state index contributed by atoms with van der Waals surface area (Å²) in [4.78, 5) is 22.3. The average Bonchev–Trinajstić information content (AvgIpc) is 2.50. The predicted octanol–water partition coefficient (Wildman–Crippen LogP) is 2.51. The molecule has 0 N–H and O–H groups in total. The molecule has 0 atom stereocenters. The molecule has 0 aromatic heterocycles. The second kappa shape index (κ2) is 4.03. The Morgan fingerprint density at radius 2 is 1.69 bits per heavy atom. The van der Waals surface area contributed by atoms with E-state index in [1.165, 1.54) is 0 Å². The summed E-state index contributed by atoms with van der Waals surface area (Å²) in [6, 6.07) is 0. The van der Waals surface area contributed by atoms with Crippen molar-refractivity contribution in [1.29, 1.82) is 0 Å².